The summed E-state index contributed by atoms with van der Waals surface area (Å²) in [5.74, 6) is -0.359. The third-order valence-corrected chi connectivity index (χ3v) is 4.79. The van der Waals surface area contributed by atoms with Gasteiger partial charge >= 0.3 is 0 Å². The van der Waals surface area contributed by atoms with Crippen molar-refractivity contribution in [2.24, 2.45) is 5.73 Å². The fourth-order valence-corrected chi connectivity index (χ4v) is 3.49. The van der Waals surface area contributed by atoms with Crippen molar-refractivity contribution in [3.63, 3.8) is 0 Å². The molecule has 1 saturated heterocycles. The number of hydrogen-bond donors (Lipinski definition) is 2. The number of anilines is 1. The summed E-state index contributed by atoms with van der Waals surface area (Å²) >= 11 is 1.34. The van der Waals surface area contributed by atoms with Crippen molar-refractivity contribution in [2.75, 3.05) is 18.4 Å². The van der Waals surface area contributed by atoms with Gasteiger partial charge in [-0.1, -0.05) is 0 Å². The van der Waals surface area contributed by atoms with Crippen LogP contribution in [0.2, 0.25) is 0 Å². The fourth-order valence-electron chi connectivity index (χ4n) is 2.84. The van der Waals surface area contributed by atoms with Gasteiger partial charge in [0.2, 0.25) is 5.91 Å². The van der Waals surface area contributed by atoms with E-state index in [9.17, 15) is 9.59 Å². The molecule has 3 rings (SSSR count). The minimum Gasteiger partial charge on any atom is -0.372 e. The van der Waals surface area contributed by atoms with E-state index in [4.69, 9.17) is 10.5 Å². The molecule has 11 heteroatoms. The summed E-state index contributed by atoms with van der Waals surface area (Å²) in [4.78, 5) is 30.5. The lowest BCUT2D eigenvalue weighted by Gasteiger charge is -2.35. The van der Waals surface area contributed by atoms with Crippen molar-refractivity contribution < 1.29 is 14.3 Å². The average molecular weight is 415 g/mol. The molecule has 0 saturated carbocycles. The third kappa shape index (κ3) is 5.48. The molecule has 1 aliphatic rings. The second kappa shape index (κ2) is 9.27. The summed E-state index contributed by atoms with van der Waals surface area (Å²) in [6.45, 7) is 5.46. The fraction of sp³-hybridized carbons (Fsp3) is 0.500. The summed E-state index contributed by atoms with van der Waals surface area (Å²) < 4.78 is 7.15. The second-order valence-corrected chi connectivity index (χ2v) is 7.21. The lowest BCUT2D eigenvalue weighted by atomic mass is 10.2. The summed E-state index contributed by atoms with van der Waals surface area (Å²) in [6, 6.07) is 0. The Hall–Kier alpha value is -2.01. The third-order valence-electron chi connectivity index (χ3n) is 3.92. The Morgan fingerprint density at radius 3 is 2.70 bits per heavy atom. The Morgan fingerprint density at radius 2 is 2.07 bits per heavy atom. The van der Waals surface area contributed by atoms with E-state index in [0.29, 0.717) is 36.0 Å². The first-order chi connectivity index (χ1) is 12.4. The molecule has 2 amide bonds. The van der Waals surface area contributed by atoms with Gasteiger partial charge in [0.1, 0.15) is 17.2 Å². The molecule has 2 aromatic rings. The van der Waals surface area contributed by atoms with Gasteiger partial charge < -0.3 is 20.7 Å². The molecule has 3 N–H and O–H groups in total. The van der Waals surface area contributed by atoms with Crippen molar-refractivity contribution in [3.8, 4) is 0 Å². The van der Waals surface area contributed by atoms with Crippen LogP contribution >= 0.6 is 23.7 Å². The van der Waals surface area contributed by atoms with E-state index in [0.717, 1.165) is 0 Å². The first-order valence-electron chi connectivity index (χ1n) is 8.36. The van der Waals surface area contributed by atoms with Crippen molar-refractivity contribution in [1.29, 1.82) is 0 Å². The molecule has 1 fully saturated rings. The van der Waals surface area contributed by atoms with Crippen LogP contribution in [0.25, 0.3) is 0 Å². The van der Waals surface area contributed by atoms with E-state index in [-0.39, 0.29) is 43.0 Å². The number of hydrogen-bond acceptors (Lipinski definition) is 7. The standard InChI is InChI=1S/C16H22N6O3S.ClH/c1-10-5-21(6-11(2)25-10)15(23)8-22-7-12(4-18-22)19-16(24)13-9-26-14(3-17)20-13;/h4,7,9-11H,3,5-6,8,17H2,1-2H3,(H,19,24);1H. The maximum atomic E-state index is 12.4. The van der Waals surface area contributed by atoms with Crippen molar-refractivity contribution >= 4 is 41.2 Å². The molecule has 2 atom stereocenters. The summed E-state index contributed by atoms with van der Waals surface area (Å²) in [6.07, 6.45) is 3.17. The summed E-state index contributed by atoms with van der Waals surface area (Å²) in [7, 11) is 0. The average Bonchev–Trinajstić information content (AvgIpc) is 3.23. The molecule has 9 nitrogen and oxygen atoms in total. The van der Waals surface area contributed by atoms with Gasteiger partial charge in [-0.3, -0.25) is 14.3 Å². The number of nitrogens with two attached hydrogens (primary N) is 1. The van der Waals surface area contributed by atoms with E-state index in [1.54, 1.807) is 16.5 Å². The number of halogens is 1. The van der Waals surface area contributed by atoms with Crippen molar-refractivity contribution in [2.45, 2.75) is 39.1 Å². The predicted octanol–water partition coefficient (Wildman–Crippen LogP) is 1.11. The molecule has 0 bridgehead atoms. The maximum Gasteiger partial charge on any atom is 0.275 e. The molecule has 0 aromatic carbocycles. The number of ether oxygens (including phenoxy) is 1. The zero-order valence-corrected chi connectivity index (χ0v) is 16.8. The SMILES string of the molecule is CC1CN(C(=O)Cn2cc(NC(=O)c3csc(CN)n3)cn2)CC(C)O1.Cl. The van der Waals surface area contributed by atoms with Crippen molar-refractivity contribution in [3.05, 3.63) is 28.5 Å². The molecule has 3 heterocycles. The Morgan fingerprint density at radius 1 is 1.37 bits per heavy atom. The highest BCUT2D eigenvalue weighted by Gasteiger charge is 2.26. The number of aromatic nitrogens is 3. The predicted molar refractivity (Wildman–Crippen MR) is 104 cm³/mol. The molecule has 0 radical (unpaired) electrons. The Kier molecular flexibility index (Phi) is 7.31. The number of rotatable bonds is 5. The topological polar surface area (TPSA) is 115 Å². The van der Waals surface area contributed by atoms with Gasteiger partial charge in [-0.05, 0) is 13.8 Å². The maximum absolute atomic E-state index is 12.4. The number of morpholine rings is 1. The lowest BCUT2D eigenvalue weighted by Crippen LogP contribution is -2.49. The molecule has 148 valence electrons. The van der Waals surface area contributed by atoms with Gasteiger partial charge in [-0.25, -0.2) is 4.98 Å². The first kappa shape index (κ1) is 21.3. The van der Waals surface area contributed by atoms with E-state index in [1.807, 2.05) is 13.8 Å². The minimum atomic E-state index is -0.331. The van der Waals surface area contributed by atoms with Crippen LogP contribution in [0.3, 0.4) is 0 Å². The highest BCUT2D eigenvalue weighted by Crippen LogP contribution is 2.14. The lowest BCUT2D eigenvalue weighted by molar-refractivity contribution is -0.144. The van der Waals surface area contributed by atoms with Gasteiger partial charge in [0.05, 0.1) is 24.1 Å². The van der Waals surface area contributed by atoms with Crippen LogP contribution in [0.5, 0.6) is 0 Å². The van der Waals surface area contributed by atoms with E-state index >= 15 is 0 Å². The molecule has 0 aliphatic carbocycles. The largest absolute Gasteiger partial charge is 0.372 e. The number of amides is 2. The van der Waals surface area contributed by atoms with Crippen LogP contribution in [-0.2, 0) is 22.6 Å². The number of nitrogens with zero attached hydrogens (tertiary/aromatic N) is 4. The van der Waals surface area contributed by atoms with Gasteiger partial charge in [-0.2, -0.15) is 5.10 Å². The van der Waals surface area contributed by atoms with Gasteiger partial charge in [-0.15, -0.1) is 23.7 Å². The van der Waals surface area contributed by atoms with Crippen LogP contribution in [0, 0.1) is 0 Å². The van der Waals surface area contributed by atoms with Crippen LogP contribution in [0.1, 0.15) is 29.3 Å². The number of nitrogens with one attached hydrogen (secondary N) is 1. The first-order valence-corrected chi connectivity index (χ1v) is 9.24. The smallest absolute Gasteiger partial charge is 0.275 e. The minimum absolute atomic E-state index is 0. The van der Waals surface area contributed by atoms with E-state index in [1.165, 1.54) is 22.2 Å². The molecular formula is C16H23ClN6O3S. The number of thiazole rings is 1. The number of carbonyl (C=O) groups excluding carboxylic acids is 2. The monoisotopic (exact) mass is 414 g/mol. The molecule has 2 aromatic heterocycles. The van der Waals surface area contributed by atoms with Crippen molar-refractivity contribution in [1.82, 2.24) is 19.7 Å². The summed E-state index contributed by atoms with van der Waals surface area (Å²) in [5.41, 5.74) is 6.33. The molecule has 2 unspecified atom stereocenters. The van der Waals surface area contributed by atoms with E-state index < -0.39 is 0 Å². The Bertz CT molecular complexity index is 785. The highest BCUT2D eigenvalue weighted by molar-refractivity contribution is 7.09. The summed E-state index contributed by atoms with van der Waals surface area (Å²) in [5, 5.41) is 9.22. The quantitative estimate of drug-likeness (QED) is 0.757. The molecular weight excluding hydrogens is 392 g/mol. The Labute approximate surface area is 167 Å². The van der Waals surface area contributed by atoms with Gasteiger partial charge in [0.25, 0.3) is 5.91 Å². The Balaban J connectivity index is 0.00000261. The van der Waals surface area contributed by atoms with Gasteiger partial charge in [0.15, 0.2) is 0 Å². The number of carbonyl (C=O) groups is 2. The molecule has 1 aliphatic heterocycles. The normalized spacial score (nSPS) is 19.4. The molecule has 0 spiro atoms. The van der Waals surface area contributed by atoms with Crippen LogP contribution in [0.15, 0.2) is 17.8 Å². The second-order valence-electron chi connectivity index (χ2n) is 6.27. The highest BCUT2D eigenvalue weighted by atomic mass is 35.5. The van der Waals surface area contributed by atoms with Crippen LogP contribution < -0.4 is 11.1 Å². The molecule has 27 heavy (non-hydrogen) atoms. The van der Waals surface area contributed by atoms with Crippen LogP contribution in [0.4, 0.5) is 5.69 Å². The van der Waals surface area contributed by atoms with E-state index in [2.05, 4.69) is 15.4 Å². The van der Waals surface area contributed by atoms with Crippen LogP contribution in [-0.4, -0.2) is 56.8 Å². The zero-order valence-electron chi connectivity index (χ0n) is 15.1. The zero-order chi connectivity index (χ0) is 18.7. The van der Waals surface area contributed by atoms with Gasteiger partial charge in [0, 0.05) is 31.2 Å².